The van der Waals surface area contributed by atoms with Gasteiger partial charge in [-0.3, -0.25) is 9.59 Å². The molecule has 24 heavy (non-hydrogen) atoms. The van der Waals surface area contributed by atoms with E-state index in [1.807, 2.05) is 67.5 Å². The van der Waals surface area contributed by atoms with E-state index in [4.69, 9.17) is 0 Å². The molecule has 2 N–H and O–H groups in total. The second kappa shape index (κ2) is 6.97. The molecule has 1 aliphatic heterocycles. The van der Waals surface area contributed by atoms with Gasteiger partial charge in [-0.05, 0) is 36.4 Å². The maximum atomic E-state index is 12.2. The Labute approximate surface area is 145 Å². The van der Waals surface area contributed by atoms with Gasteiger partial charge in [-0.2, -0.15) is 0 Å². The number of nitrogens with one attached hydrogen (secondary N) is 2. The van der Waals surface area contributed by atoms with Gasteiger partial charge in [0, 0.05) is 36.8 Å². The Kier molecular flexibility index (Phi) is 4.76. The number of thioether (sulfide) groups is 1. The highest BCUT2D eigenvalue weighted by Crippen LogP contribution is 2.36. The summed E-state index contributed by atoms with van der Waals surface area (Å²) in [5.74, 6) is -0.295. The monoisotopic (exact) mass is 341 g/mol. The predicted molar refractivity (Wildman–Crippen MR) is 98.7 cm³/mol. The smallest absolute Gasteiger partial charge is 0.238 e. The first-order valence-corrected chi connectivity index (χ1v) is 8.54. The zero-order chi connectivity index (χ0) is 17.1. The van der Waals surface area contributed by atoms with Crippen molar-refractivity contribution >= 4 is 40.6 Å². The van der Waals surface area contributed by atoms with Gasteiger partial charge in [0.2, 0.25) is 11.8 Å². The summed E-state index contributed by atoms with van der Waals surface area (Å²) in [4.78, 5) is 27.4. The summed E-state index contributed by atoms with van der Waals surface area (Å²) in [6.07, 6.45) is 0.139. The van der Waals surface area contributed by atoms with Crippen LogP contribution >= 0.6 is 11.8 Å². The fourth-order valence-electron chi connectivity index (χ4n) is 2.45. The van der Waals surface area contributed by atoms with Crippen molar-refractivity contribution in [2.24, 2.45) is 0 Å². The first-order valence-electron chi connectivity index (χ1n) is 7.67. The van der Waals surface area contributed by atoms with Gasteiger partial charge in [0.25, 0.3) is 0 Å². The minimum Gasteiger partial charge on any atom is -0.378 e. The van der Waals surface area contributed by atoms with E-state index in [1.165, 1.54) is 11.8 Å². The van der Waals surface area contributed by atoms with Gasteiger partial charge in [0.15, 0.2) is 0 Å². The second-order valence-electron chi connectivity index (χ2n) is 5.79. The summed E-state index contributed by atoms with van der Waals surface area (Å²) in [6, 6.07) is 15.2. The van der Waals surface area contributed by atoms with Crippen LogP contribution in [0.25, 0.3) is 0 Å². The molecule has 0 fully saturated rings. The van der Waals surface area contributed by atoms with E-state index in [2.05, 4.69) is 10.6 Å². The Bertz CT molecular complexity index is 759. The number of carbonyl (C=O) groups is 2. The summed E-state index contributed by atoms with van der Waals surface area (Å²) >= 11 is 1.43. The lowest BCUT2D eigenvalue weighted by Gasteiger charge is -2.23. The number of hydrogen-bond acceptors (Lipinski definition) is 4. The number of fused-ring (bicyclic) bond motifs is 1. The van der Waals surface area contributed by atoms with Crippen molar-refractivity contribution in [1.29, 1.82) is 0 Å². The summed E-state index contributed by atoms with van der Waals surface area (Å²) < 4.78 is 0. The fourth-order valence-corrected chi connectivity index (χ4v) is 3.56. The van der Waals surface area contributed by atoms with Gasteiger partial charge in [0.05, 0.1) is 10.9 Å². The molecule has 3 rings (SSSR count). The van der Waals surface area contributed by atoms with Crippen LogP contribution < -0.4 is 15.5 Å². The third kappa shape index (κ3) is 3.71. The van der Waals surface area contributed by atoms with E-state index < -0.39 is 5.25 Å². The number of benzene rings is 2. The molecule has 0 spiro atoms. The molecule has 0 unspecified atom stereocenters. The third-order valence-corrected chi connectivity index (χ3v) is 5.02. The Balaban J connectivity index is 1.62. The molecule has 0 saturated carbocycles. The number of hydrogen-bond donors (Lipinski definition) is 2. The molecule has 0 radical (unpaired) electrons. The Morgan fingerprint density at radius 3 is 2.58 bits per heavy atom. The average molecular weight is 341 g/mol. The van der Waals surface area contributed by atoms with Crippen molar-refractivity contribution in [3.05, 3.63) is 48.5 Å². The van der Waals surface area contributed by atoms with Crippen molar-refractivity contribution in [3.63, 3.8) is 0 Å². The molecule has 1 atom stereocenters. The van der Waals surface area contributed by atoms with E-state index in [9.17, 15) is 9.59 Å². The zero-order valence-corrected chi connectivity index (χ0v) is 14.4. The summed E-state index contributed by atoms with van der Waals surface area (Å²) in [6.45, 7) is 0. The van der Waals surface area contributed by atoms with Gasteiger partial charge in [-0.15, -0.1) is 11.8 Å². The van der Waals surface area contributed by atoms with Crippen molar-refractivity contribution in [3.8, 4) is 0 Å². The van der Waals surface area contributed by atoms with Crippen molar-refractivity contribution in [2.45, 2.75) is 16.6 Å². The largest absolute Gasteiger partial charge is 0.378 e. The van der Waals surface area contributed by atoms with Crippen LogP contribution in [0, 0.1) is 0 Å². The Hall–Kier alpha value is -2.47. The topological polar surface area (TPSA) is 61.4 Å². The van der Waals surface area contributed by atoms with E-state index in [0.717, 1.165) is 22.0 Å². The maximum Gasteiger partial charge on any atom is 0.238 e. The van der Waals surface area contributed by atoms with Crippen LogP contribution in [0.2, 0.25) is 0 Å². The number of nitrogens with zero attached hydrogens (tertiary/aromatic N) is 1. The first-order chi connectivity index (χ1) is 11.5. The molecular formula is C18H19N3O2S. The van der Waals surface area contributed by atoms with Crippen molar-refractivity contribution in [1.82, 2.24) is 0 Å². The average Bonchev–Trinajstić information content (AvgIpc) is 2.56. The molecule has 6 heteroatoms. The number of carbonyl (C=O) groups excluding carboxylic acids is 2. The lowest BCUT2D eigenvalue weighted by molar-refractivity contribution is -0.120. The van der Waals surface area contributed by atoms with E-state index in [1.54, 1.807) is 0 Å². The van der Waals surface area contributed by atoms with E-state index in [-0.39, 0.29) is 18.2 Å². The molecule has 5 nitrogen and oxygen atoms in total. The normalized spacial score (nSPS) is 16.1. The highest BCUT2D eigenvalue weighted by Gasteiger charge is 2.28. The van der Waals surface area contributed by atoms with Gasteiger partial charge < -0.3 is 15.5 Å². The molecule has 0 bridgehead atoms. The quantitative estimate of drug-likeness (QED) is 0.896. The van der Waals surface area contributed by atoms with Gasteiger partial charge >= 0.3 is 0 Å². The van der Waals surface area contributed by atoms with Crippen molar-refractivity contribution < 1.29 is 9.59 Å². The highest BCUT2D eigenvalue weighted by atomic mass is 32.2. The van der Waals surface area contributed by atoms with Crippen LogP contribution in [-0.4, -0.2) is 31.2 Å². The predicted octanol–water partition coefficient (Wildman–Crippen LogP) is 3.19. The van der Waals surface area contributed by atoms with Crippen LogP contribution in [0.1, 0.15) is 6.42 Å². The van der Waals surface area contributed by atoms with Crippen LogP contribution in [0.15, 0.2) is 53.4 Å². The van der Waals surface area contributed by atoms with Crippen LogP contribution in [0.4, 0.5) is 17.1 Å². The zero-order valence-electron chi connectivity index (χ0n) is 13.6. The van der Waals surface area contributed by atoms with Gasteiger partial charge in [-0.1, -0.05) is 12.1 Å². The molecule has 0 aliphatic carbocycles. The Morgan fingerprint density at radius 1 is 1.17 bits per heavy atom. The summed E-state index contributed by atoms with van der Waals surface area (Å²) in [7, 11) is 3.93. The SMILES string of the molecule is CN(C)c1ccc(NC(=O)C[C@@H]2Sc3ccccc3NC2=O)cc1. The van der Waals surface area contributed by atoms with E-state index in [0.29, 0.717) is 0 Å². The lowest BCUT2D eigenvalue weighted by Crippen LogP contribution is -2.32. The van der Waals surface area contributed by atoms with Crippen LogP contribution in [0.3, 0.4) is 0 Å². The number of para-hydroxylation sites is 1. The third-order valence-electron chi connectivity index (χ3n) is 3.74. The van der Waals surface area contributed by atoms with Crippen LogP contribution in [0.5, 0.6) is 0 Å². The number of rotatable bonds is 4. The Morgan fingerprint density at radius 2 is 1.88 bits per heavy atom. The summed E-state index contributed by atoms with van der Waals surface area (Å²) in [5, 5.41) is 5.29. The maximum absolute atomic E-state index is 12.2. The fraction of sp³-hybridized carbons (Fsp3) is 0.222. The molecule has 1 heterocycles. The molecular weight excluding hydrogens is 322 g/mol. The molecule has 1 aliphatic rings. The van der Waals surface area contributed by atoms with E-state index >= 15 is 0 Å². The summed E-state index contributed by atoms with van der Waals surface area (Å²) in [5.41, 5.74) is 2.60. The number of amides is 2. The molecule has 2 aromatic carbocycles. The standard InChI is InChI=1S/C18H19N3O2S/c1-21(2)13-9-7-12(8-10-13)19-17(22)11-16-18(23)20-14-5-3-4-6-15(14)24-16/h3-10,16H,11H2,1-2H3,(H,19,22)(H,20,23)/t16-/m0/s1. The number of anilines is 3. The second-order valence-corrected chi connectivity index (χ2v) is 7.03. The minimum atomic E-state index is -0.416. The molecule has 124 valence electrons. The molecule has 2 aromatic rings. The van der Waals surface area contributed by atoms with Gasteiger partial charge in [-0.25, -0.2) is 0 Å². The van der Waals surface area contributed by atoms with Crippen molar-refractivity contribution in [2.75, 3.05) is 29.6 Å². The molecule has 2 amide bonds. The van der Waals surface area contributed by atoms with Crippen LogP contribution in [-0.2, 0) is 9.59 Å². The molecule has 0 saturated heterocycles. The minimum absolute atomic E-state index is 0.128. The van der Waals surface area contributed by atoms with Gasteiger partial charge in [0.1, 0.15) is 0 Å². The highest BCUT2D eigenvalue weighted by molar-refractivity contribution is 8.01. The molecule has 0 aromatic heterocycles. The lowest BCUT2D eigenvalue weighted by atomic mass is 10.2. The first kappa shape index (κ1) is 16.4.